The summed E-state index contributed by atoms with van der Waals surface area (Å²) in [5, 5.41) is 12.0. The Morgan fingerprint density at radius 2 is 2.45 bits per heavy atom. The maximum absolute atomic E-state index is 11.8. The van der Waals surface area contributed by atoms with E-state index >= 15 is 0 Å². The normalized spacial score (nSPS) is 13.9. The summed E-state index contributed by atoms with van der Waals surface area (Å²) in [6, 6.07) is -0.749. The average molecular weight is 279 g/mol. The van der Waals surface area contributed by atoms with E-state index in [1.54, 1.807) is 12.5 Å². The molecular weight excluding hydrogens is 262 g/mol. The Hall–Kier alpha value is -2.19. The number of nitrogens with one attached hydrogen (secondary N) is 2. The summed E-state index contributed by atoms with van der Waals surface area (Å²) in [5.74, 6) is -0.212. The molecule has 0 aliphatic heterocycles. The molecule has 108 valence electrons. The van der Waals surface area contributed by atoms with Crippen molar-refractivity contribution in [3.63, 3.8) is 0 Å². The molecule has 8 heteroatoms. The van der Waals surface area contributed by atoms with Gasteiger partial charge in [0.25, 0.3) is 5.91 Å². The molecule has 2 unspecified atom stereocenters. The van der Waals surface area contributed by atoms with Crippen LogP contribution in [0.3, 0.4) is 0 Å². The Labute approximate surface area is 115 Å². The number of aromatic nitrogens is 3. The maximum atomic E-state index is 11.8. The quantitative estimate of drug-likeness (QED) is 0.577. The number of hydrogen-bond donors (Lipinski definition) is 4. The fourth-order valence-electron chi connectivity index (χ4n) is 1.57. The van der Waals surface area contributed by atoms with E-state index in [1.165, 1.54) is 13.2 Å². The van der Waals surface area contributed by atoms with Crippen LogP contribution in [-0.4, -0.2) is 38.6 Å². The van der Waals surface area contributed by atoms with Crippen LogP contribution in [0.5, 0.6) is 0 Å². The zero-order valence-corrected chi connectivity index (χ0v) is 11.0. The summed E-state index contributed by atoms with van der Waals surface area (Å²) in [5.41, 5.74) is 6.74. The van der Waals surface area contributed by atoms with Gasteiger partial charge in [-0.1, -0.05) is 0 Å². The van der Waals surface area contributed by atoms with Gasteiger partial charge in [0.2, 0.25) is 5.89 Å². The third-order valence-electron chi connectivity index (χ3n) is 2.79. The molecular formula is C12H17N5O3. The number of amides is 1. The van der Waals surface area contributed by atoms with Crippen molar-refractivity contribution >= 4 is 5.91 Å². The van der Waals surface area contributed by atoms with Gasteiger partial charge < -0.3 is 25.6 Å². The molecule has 0 fully saturated rings. The predicted molar refractivity (Wildman–Crippen MR) is 69.7 cm³/mol. The average Bonchev–Trinajstić information content (AvgIpc) is 3.08. The number of imidazole rings is 1. The lowest BCUT2D eigenvalue weighted by Gasteiger charge is -2.09. The van der Waals surface area contributed by atoms with Crippen LogP contribution < -0.4 is 11.1 Å². The number of rotatable bonds is 6. The van der Waals surface area contributed by atoms with Gasteiger partial charge in [-0.2, -0.15) is 0 Å². The summed E-state index contributed by atoms with van der Waals surface area (Å²) < 4.78 is 5.09. The van der Waals surface area contributed by atoms with Gasteiger partial charge in [-0.25, -0.2) is 9.97 Å². The monoisotopic (exact) mass is 279 g/mol. The summed E-state index contributed by atoms with van der Waals surface area (Å²) in [4.78, 5) is 22.6. The molecule has 2 aromatic heterocycles. The Kier molecular flexibility index (Phi) is 4.49. The van der Waals surface area contributed by atoms with Crippen molar-refractivity contribution < 1.29 is 14.3 Å². The van der Waals surface area contributed by atoms with Gasteiger partial charge in [-0.05, 0) is 6.92 Å². The number of H-pyrrole nitrogens is 1. The van der Waals surface area contributed by atoms with E-state index in [2.05, 4.69) is 20.3 Å². The number of aromatic amines is 1. The molecule has 2 rings (SSSR count). The molecule has 20 heavy (non-hydrogen) atoms. The van der Waals surface area contributed by atoms with E-state index < -0.39 is 12.1 Å². The second-order valence-corrected chi connectivity index (χ2v) is 4.42. The van der Waals surface area contributed by atoms with E-state index in [4.69, 9.17) is 10.2 Å². The second-order valence-electron chi connectivity index (χ2n) is 4.42. The zero-order valence-electron chi connectivity index (χ0n) is 11.0. The summed E-state index contributed by atoms with van der Waals surface area (Å²) in [6.07, 6.45) is 4.35. The molecule has 0 aliphatic carbocycles. The molecule has 2 aromatic rings. The van der Waals surface area contributed by atoms with Gasteiger partial charge in [0.1, 0.15) is 12.3 Å². The van der Waals surface area contributed by atoms with Crippen molar-refractivity contribution in [1.29, 1.82) is 0 Å². The van der Waals surface area contributed by atoms with E-state index in [9.17, 15) is 9.90 Å². The van der Waals surface area contributed by atoms with Gasteiger partial charge in [0.15, 0.2) is 5.69 Å². The van der Waals surface area contributed by atoms with E-state index in [0.29, 0.717) is 13.0 Å². The van der Waals surface area contributed by atoms with Crippen LogP contribution in [0.15, 0.2) is 23.2 Å². The molecule has 0 radical (unpaired) electrons. The van der Waals surface area contributed by atoms with Crippen molar-refractivity contribution in [2.75, 3.05) is 6.54 Å². The van der Waals surface area contributed by atoms with E-state index in [1.807, 2.05) is 0 Å². The molecule has 0 aliphatic rings. The number of carbonyl (C=O) groups is 1. The molecule has 0 saturated carbocycles. The third kappa shape index (κ3) is 3.43. The standard InChI is InChI=1S/C12H17N5O3/c1-7(18)10(13)12-17-9(5-20-12)11(19)15-3-2-8-4-14-6-16-8/h4-7,10,18H,2-3,13H2,1H3,(H,14,16)(H,15,19). The number of oxazole rings is 1. The maximum Gasteiger partial charge on any atom is 0.273 e. The van der Waals surface area contributed by atoms with Gasteiger partial charge in [0, 0.05) is 24.9 Å². The third-order valence-corrected chi connectivity index (χ3v) is 2.79. The molecule has 8 nitrogen and oxygen atoms in total. The Morgan fingerprint density at radius 3 is 3.10 bits per heavy atom. The lowest BCUT2D eigenvalue weighted by atomic mass is 10.2. The molecule has 2 atom stereocenters. The SMILES string of the molecule is CC(O)C(N)c1nc(C(=O)NCCc2cnc[nH]2)co1. The predicted octanol–water partition coefficient (Wildman–Crippen LogP) is -0.249. The number of carbonyl (C=O) groups excluding carboxylic acids is 1. The number of aliphatic hydroxyl groups excluding tert-OH is 1. The van der Waals surface area contributed by atoms with E-state index in [-0.39, 0.29) is 17.5 Å². The fraction of sp³-hybridized carbons (Fsp3) is 0.417. The van der Waals surface area contributed by atoms with Crippen LogP contribution in [0.1, 0.15) is 35.0 Å². The summed E-state index contributed by atoms with van der Waals surface area (Å²) >= 11 is 0. The first-order valence-corrected chi connectivity index (χ1v) is 6.22. The molecule has 5 N–H and O–H groups in total. The largest absolute Gasteiger partial charge is 0.446 e. The van der Waals surface area contributed by atoms with Crippen molar-refractivity contribution in [2.45, 2.75) is 25.5 Å². The minimum atomic E-state index is -0.801. The van der Waals surface area contributed by atoms with Crippen molar-refractivity contribution in [3.05, 3.63) is 36.1 Å². The van der Waals surface area contributed by atoms with Gasteiger partial charge in [-0.3, -0.25) is 4.79 Å². The van der Waals surface area contributed by atoms with Crippen LogP contribution in [0.4, 0.5) is 0 Å². The first-order valence-electron chi connectivity index (χ1n) is 6.22. The van der Waals surface area contributed by atoms with Crippen LogP contribution in [0, 0.1) is 0 Å². The highest BCUT2D eigenvalue weighted by Gasteiger charge is 2.20. The number of hydrogen-bond acceptors (Lipinski definition) is 6. The number of nitrogens with two attached hydrogens (primary N) is 1. The molecule has 1 amide bonds. The first kappa shape index (κ1) is 14.2. The van der Waals surface area contributed by atoms with Crippen molar-refractivity contribution in [2.24, 2.45) is 5.73 Å². The molecule has 0 aromatic carbocycles. The lowest BCUT2D eigenvalue weighted by molar-refractivity contribution is 0.0948. The first-order chi connectivity index (χ1) is 9.58. The van der Waals surface area contributed by atoms with Gasteiger partial charge in [0.05, 0.1) is 12.4 Å². The van der Waals surface area contributed by atoms with E-state index in [0.717, 1.165) is 5.69 Å². The number of aliphatic hydroxyl groups is 1. The topological polar surface area (TPSA) is 130 Å². The minimum absolute atomic E-state index is 0.138. The lowest BCUT2D eigenvalue weighted by Crippen LogP contribution is -2.27. The van der Waals surface area contributed by atoms with Crippen LogP contribution in [0.25, 0.3) is 0 Å². The van der Waals surface area contributed by atoms with Gasteiger partial charge in [-0.15, -0.1) is 0 Å². The summed E-state index contributed by atoms with van der Waals surface area (Å²) in [7, 11) is 0. The minimum Gasteiger partial charge on any atom is -0.446 e. The Morgan fingerprint density at radius 1 is 1.65 bits per heavy atom. The highest BCUT2D eigenvalue weighted by Crippen LogP contribution is 2.13. The zero-order chi connectivity index (χ0) is 14.5. The molecule has 0 spiro atoms. The molecule has 0 bridgehead atoms. The smallest absolute Gasteiger partial charge is 0.273 e. The Bertz CT molecular complexity index is 549. The summed E-state index contributed by atoms with van der Waals surface area (Å²) in [6.45, 7) is 1.98. The van der Waals surface area contributed by atoms with Crippen molar-refractivity contribution in [1.82, 2.24) is 20.3 Å². The highest BCUT2D eigenvalue weighted by atomic mass is 16.3. The van der Waals surface area contributed by atoms with Crippen LogP contribution >= 0.6 is 0 Å². The van der Waals surface area contributed by atoms with Crippen LogP contribution in [-0.2, 0) is 6.42 Å². The Balaban J connectivity index is 1.86. The molecule has 0 saturated heterocycles. The van der Waals surface area contributed by atoms with Gasteiger partial charge >= 0.3 is 0 Å². The van der Waals surface area contributed by atoms with Crippen LogP contribution in [0.2, 0.25) is 0 Å². The second kappa shape index (κ2) is 6.31. The fourth-order valence-corrected chi connectivity index (χ4v) is 1.57. The number of nitrogens with zero attached hydrogens (tertiary/aromatic N) is 2. The van der Waals surface area contributed by atoms with Crippen molar-refractivity contribution in [3.8, 4) is 0 Å². The highest BCUT2D eigenvalue weighted by molar-refractivity contribution is 5.91. The molecule has 2 heterocycles.